The summed E-state index contributed by atoms with van der Waals surface area (Å²) in [4.78, 5) is 21.0. The standard InChI is InChI=1S/C13H21N5O6S/c1-4-7-17(8-5-2)11-9-10(14)18(24-25(20,21)22)12(15-11)16-13(19)23-6-3/h4-5,10H,1-2,6-9,14H2,3H3,(H,20,21,22). The summed E-state index contributed by atoms with van der Waals surface area (Å²) < 4.78 is 39.9. The average Bonchev–Trinajstić information content (AvgIpc) is 2.49. The SMILES string of the molecule is C=CCN(CC=C)C1=NC(=NC(=O)OCC)N(OS(=O)(=O)O)C(N)C1. The first-order valence-electron chi connectivity index (χ1n) is 7.23. The van der Waals surface area contributed by atoms with Crippen molar-refractivity contribution < 1.29 is 26.8 Å². The number of hydroxylamine groups is 2. The second-order valence-corrected chi connectivity index (χ2v) is 5.73. The maximum Gasteiger partial charge on any atom is 0.436 e. The van der Waals surface area contributed by atoms with E-state index in [2.05, 4.69) is 32.2 Å². The number of ether oxygens (including phenoxy) is 1. The van der Waals surface area contributed by atoms with Crippen LogP contribution in [0.2, 0.25) is 0 Å². The van der Waals surface area contributed by atoms with Crippen LogP contribution in [0.3, 0.4) is 0 Å². The Labute approximate surface area is 146 Å². The Morgan fingerprint density at radius 1 is 1.52 bits per heavy atom. The summed E-state index contributed by atoms with van der Waals surface area (Å²) >= 11 is 0. The first-order valence-corrected chi connectivity index (χ1v) is 8.59. The molecule has 0 aliphatic carbocycles. The fraction of sp³-hybridized carbons (Fsp3) is 0.462. The molecule has 140 valence electrons. The Balaban J connectivity index is 3.28. The number of nitrogens with zero attached hydrogens (tertiary/aromatic N) is 4. The van der Waals surface area contributed by atoms with Crippen LogP contribution >= 0.6 is 0 Å². The lowest BCUT2D eigenvalue weighted by Crippen LogP contribution is -2.53. The molecule has 1 rings (SSSR count). The number of amidine groups is 1. The largest absolute Gasteiger partial charge is 0.448 e. The summed E-state index contributed by atoms with van der Waals surface area (Å²) in [5, 5.41) is 0.524. The molecule has 1 unspecified atom stereocenters. The third kappa shape index (κ3) is 6.62. The van der Waals surface area contributed by atoms with Crippen molar-refractivity contribution in [2.75, 3.05) is 19.7 Å². The molecule has 0 saturated carbocycles. The van der Waals surface area contributed by atoms with Gasteiger partial charge in [-0.05, 0) is 6.92 Å². The topological polar surface area (TPSA) is 147 Å². The minimum absolute atomic E-state index is 0.0520. The van der Waals surface area contributed by atoms with Gasteiger partial charge in [-0.15, -0.1) is 22.4 Å². The molecule has 1 heterocycles. The maximum absolute atomic E-state index is 11.6. The van der Waals surface area contributed by atoms with Crippen molar-refractivity contribution in [3.8, 4) is 0 Å². The molecular weight excluding hydrogens is 354 g/mol. The Hall–Kier alpha value is -2.28. The van der Waals surface area contributed by atoms with Crippen LogP contribution in [-0.2, 0) is 19.4 Å². The Kier molecular flexibility index (Phi) is 7.70. The van der Waals surface area contributed by atoms with Crippen molar-refractivity contribution in [3.05, 3.63) is 25.3 Å². The molecule has 0 fully saturated rings. The van der Waals surface area contributed by atoms with E-state index in [0.717, 1.165) is 0 Å². The van der Waals surface area contributed by atoms with Gasteiger partial charge in [0.25, 0.3) is 5.96 Å². The van der Waals surface area contributed by atoms with E-state index < -0.39 is 28.6 Å². The summed E-state index contributed by atoms with van der Waals surface area (Å²) in [7, 11) is -4.90. The molecule has 25 heavy (non-hydrogen) atoms. The summed E-state index contributed by atoms with van der Waals surface area (Å²) in [6.07, 6.45) is 1.21. The number of aliphatic imine (C=N–C) groups is 2. The second-order valence-electron chi connectivity index (χ2n) is 4.72. The highest BCUT2D eigenvalue weighted by atomic mass is 32.3. The Morgan fingerprint density at radius 3 is 2.60 bits per heavy atom. The van der Waals surface area contributed by atoms with Crippen LogP contribution in [0.15, 0.2) is 35.3 Å². The van der Waals surface area contributed by atoms with E-state index in [0.29, 0.717) is 24.0 Å². The summed E-state index contributed by atoms with van der Waals surface area (Å²) in [6.45, 7) is 9.71. The highest BCUT2D eigenvalue weighted by Gasteiger charge is 2.33. The molecule has 0 aromatic carbocycles. The fourth-order valence-electron chi connectivity index (χ4n) is 1.93. The highest BCUT2D eigenvalue weighted by molar-refractivity contribution is 7.80. The molecule has 0 saturated heterocycles. The molecule has 0 aromatic heterocycles. The zero-order valence-electron chi connectivity index (χ0n) is 13.7. The number of nitrogens with two attached hydrogens (primary N) is 1. The van der Waals surface area contributed by atoms with E-state index in [1.54, 1.807) is 24.0 Å². The highest BCUT2D eigenvalue weighted by Crippen LogP contribution is 2.16. The predicted molar refractivity (Wildman–Crippen MR) is 90.9 cm³/mol. The number of carbonyl (C=O) groups is 1. The normalized spacial score (nSPS) is 19.3. The maximum atomic E-state index is 11.6. The van der Waals surface area contributed by atoms with Crippen LogP contribution in [0.25, 0.3) is 0 Å². The van der Waals surface area contributed by atoms with Crippen molar-refractivity contribution in [2.24, 2.45) is 15.7 Å². The Morgan fingerprint density at radius 2 is 2.12 bits per heavy atom. The number of rotatable bonds is 7. The van der Waals surface area contributed by atoms with E-state index in [4.69, 9.17) is 10.3 Å². The monoisotopic (exact) mass is 375 g/mol. The van der Waals surface area contributed by atoms with Gasteiger partial charge in [0.05, 0.1) is 6.61 Å². The van der Waals surface area contributed by atoms with Crippen molar-refractivity contribution >= 4 is 28.3 Å². The van der Waals surface area contributed by atoms with E-state index >= 15 is 0 Å². The fourth-order valence-corrected chi connectivity index (χ4v) is 2.31. The van der Waals surface area contributed by atoms with Crippen LogP contribution in [0.4, 0.5) is 4.79 Å². The number of hydrogen-bond donors (Lipinski definition) is 2. The lowest BCUT2D eigenvalue weighted by molar-refractivity contribution is -0.0264. The van der Waals surface area contributed by atoms with Gasteiger partial charge >= 0.3 is 16.5 Å². The van der Waals surface area contributed by atoms with Gasteiger partial charge in [-0.1, -0.05) is 12.2 Å². The van der Waals surface area contributed by atoms with Gasteiger partial charge in [0, 0.05) is 19.5 Å². The molecular formula is C13H21N5O6S. The van der Waals surface area contributed by atoms with Gasteiger partial charge in [-0.3, -0.25) is 4.55 Å². The van der Waals surface area contributed by atoms with Crippen molar-refractivity contribution in [3.63, 3.8) is 0 Å². The zero-order chi connectivity index (χ0) is 19.0. The first kappa shape index (κ1) is 20.8. The van der Waals surface area contributed by atoms with Gasteiger partial charge in [-0.25, -0.2) is 4.79 Å². The lowest BCUT2D eigenvalue weighted by atomic mass is 10.2. The molecule has 1 aliphatic heterocycles. The van der Waals surface area contributed by atoms with Crippen LogP contribution in [-0.4, -0.2) is 66.7 Å². The summed E-state index contributed by atoms with van der Waals surface area (Å²) in [5.41, 5.74) is 5.88. The second kappa shape index (κ2) is 9.27. The molecule has 11 nitrogen and oxygen atoms in total. The molecule has 0 aromatic rings. The molecule has 0 radical (unpaired) electrons. The third-order valence-electron chi connectivity index (χ3n) is 2.82. The number of carbonyl (C=O) groups excluding carboxylic acids is 1. The predicted octanol–water partition coefficient (Wildman–Crippen LogP) is 0.296. The first-order chi connectivity index (χ1) is 11.7. The van der Waals surface area contributed by atoms with E-state index in [-0.39, 0.29) is 13.0 Å². The quantitative estimate of drug-likeness (QED) is 0.473. The van der Waals surface area contributed by atoms with Crippen molar-refractivity contribution in [1.29, 1.82) is 0 Å². The number of guanidine groups is 1. The van der Waals surface area contributed by atoms with E-state index in [9.17, 15) is 13.2 Å². The van der Waals surface area contributed by atoms with Gasteiger partial charge in [0.1, 0.15) is 12.0 Å². The van der Waals surface area contributed by atoms with Crippen LogP contribution in [0.1, 0.15) is 13.3 Å². The van der Waals surface area contributed by atoms with Crippen LogP contribution in [0.5, 0.6) is 0 Å². The lowest BCUT2D eigenvalue weighted by Gasteiger charge is -2.34. The molecule has 0 spiro atoms. The van der Waals surface area contributed by atoms with Gasteiger partial charge < -0.3 is 15.4 Å². The van der Waals surface area contributed by atoms with Gasteiger partial charge in [0.2, 0.25) is 0 Å². The van der Waals surface area contributed by atoms with Crippen molar-refractivity contribution in [2.45, 2.75) is 19.5 Å². The number of hydrogen-bond acceptors (Lipinski definition) is 7. The van der Waals surface area contributed by atoms with E-state index in [1.165, 1.54) is 0 Å². The molecule has 1 amide bonds. The molecule has 1 atom stereocenters. The molecule has 0 bridgehead atoms. The summed E-state index contributed by atoms with van der Waals surface area (Å²) in [5.74, 6) is -0.0616. The van der Waals surface area contributed by atoms with Crippen LogP contribution in [0, 0.1) is 0 Å². The average molecular weight is 375 g/mol. The minimum Gasteiger partial charge on any atom is -0.448 e. The van der Waals surface area contributed by atoms with E-state index in [1.807, 2.05) is 0 Å². The van der Waals surface area contributed by atoms with Gasteiger partial charge in [-0.2, -0.15) is 18.5 Å². The smallest absolute Gasteiger partial charge is 0.436 e. The molecule has 12 heteroatoms. The van der Waals surface area contributed by atoms with Crippen molar-refractivity contribution in [1.82, 2.24) is 9.96 Å². The third-order valence-corrected chi connectivity index (χ3v) is 3.17. The number of amides is 1. The van der Waals surface area contributed by atoms with Crippen LogP contribution < -0.4 is 5.73 Å². The molecule has 1 aliphatic rings. The summed E-state index contributed by atoms with van der Waals surface area (Å²) in [6, 6.07) is 0. The molecule has 3 N–H and O–H groups in total. The minimum atomic E-state index is -4.90. The zero-order valence-corrected chi connectivity index (χ0v) is 14.6. The van der Waals surface area contributed by atoms with Gasteiger partial charge in [0.15, 0.2) is 0 Å². The Bertz CT molecular complexity index is 664.